The number of anilines is 1. The standard InChI is InChI=1S/C13H17N3O4/c1-3-20-11-9-14(2)12(17)16(11)15(13(18)19)10-7-5-4-6-8-10/h4-8,11H,3,9H2,1-2H3,(H,18,19). The average molecular weight is 279 g/mol. The quantitative estimate of drug-likeness (QED) is 0.912. The van der Waals surface area contributed by atoms with Gasteiger partial charge in [0.1, 0.15) is 0 Å². The second-order valence-corrected chi connectivity index (χ2v) is 4.35. The van der Waals surface area contributed by atoms with Crippen molar-refractivity contribution in [1.82, 2.24) is 9.91 Å². The Morgan fingerprint density at radius 3 is 2.65 bits per heavy atom. The summed E-state index contributed by atoms with van der Waals surface area (Å²) in [4.78, 5) is 25.2. The molecule has 1 aromatic carbocycles. The number of carbonyl (C=O) groups is 2. The molecule has 20 heavy (non-hydrogen) atoms. The number of amides is 3. The lowest BCUT2D eigenvalue weighted by molar-refractivity contribution is -0.0130. The Morgan fingerprint density at radius 1 is 1.45 bits per heavy atom. The van der Waals surface area contributed by atoms with Crippen molar-refractivity contribution in [3.63, 3.8) is 0 Å². The van der Waals surface area contributed by atoms with Gasteiger partial charge in [-0.1, -0.05) is 18.2 Å². The van der Waals surface area contributed by atoms with Crippen LogP contribution in [0.3, 0.4) is 0 Å². The largest absolute Gasteiger partial charge is 0.463 e. The molecule has 0 aromatic heterocycles. The molecular formula is C13H17N3O4. The fourth-order valence-electron chi connectivity index (χ4n) is 2.11. The van der Waals surface area contributed by atoms with Crippen LogP contribution >= 0.6 is 0 Å². The molecule has 1 N–H and O–H groups in total. The second-order valence-electron chi connectivity index (χ2n) is 4.35. The van der Waals surface area contributed by atoms with Crippen molar-refractivity contribution in [1.29, 1.82) is 0 Å². The lowest BCUT2D eigenvalue weighted by Crippen LogP contribution is -2.52. The van der Waals surface area contributed by atoms with E-state index in [0.717, 1.165) is 10.0 Å². The van der Waals surface area contributed by atoms with Gasteiger partial charge in [-0.3, -0.25) is 0 Å². The predicted molar refractivity (Wildman–Crippen MR) is 72.2 cm³/mol. The lowest BCUT2D eigenvalue weighted by Gasteiger charge is -2.32. The van der Waals surface area contributed by atoms with Gasteiger partial charge in [0.05, 0.1) is 12.2 Å². The third-order valence-electron chi connectivity index (χ3n) is 2.98. The van der Waals surface area contributed by atoms with E-state index in [9.17, 15) is 14.7 Å². The molecular weight excluding hydrogens is 262 g/mol. The molecule has 0 aliphatic carbocycles. The van der Waals surface area contributed by atoms with E-state index in [1.54, 1.807) is 44.3 Å². The van der Waals surface area contributed by atoms with Gasteiger partial charge in [0, 0.05) is 13.7 Å². The van der Waals surface area contributed by atoms with Crippen LogP contribution in [0, 0.1) is 0 Å². The highest BCUT2D eigenvalue weighted by Gasteiger charge is 2.42. The van der Waals surface area contributed by atoms with E-state index in [0.29, 0.717) is 18.8 Å². The molecule has 1 aromatic rings. The Labute approximate surface area is 116 Å². The van der Waals surface area contributed by atoms with Gasteiger partial charge in [0.2, 0.25) is 0 Å². The van der Waals surface area contributed by atoms with E-state index in [4.69, 9.17) is 4.74 Å². The van der Waals surface area contributed by atoms with Crippen molar-refractivity contribution in [2.24, 2.45) is 0 Å². The minimum absolute atomic E-state index is 0.323. The minimum Gasteiger partial charge on any atom is -0.463 e. The van der Waals surface area contributed by atoms with Crippen LogP contribution in [0.1, 0.15) is 6.92 Å². The van der Waals surface area contributed by atoms with Crippen molar-refractivity contribution >= 4 is 17.8 Å². The number of carbonyl (C=O) groups excluding carboxylic acids is 1. The highest BCUT2D eigenvalue weighted by Crippen LogP contribution is 2.24. The van der Waals surface area contributed by atoms with Gasteiger partial charge in [-0.2, -0.15) is 10.0 Å². The Balaban J connectivity index is 2.37. The summed E-state index contributed by atoms with van der Waals surface area (Å²) in [6.07, 6.45) is -1.85. The molecule has 7 nitrogen and oxygen atoms in total. The van der Waals surface area contributed by atoms with E-state index in [1.165, 1.54) is 4.90 Å². The van der Waals surface area contributed by atoms with E-state index < -0.39 is 18.4 Å². The number of benzene rings is 1. The Morgan fingerprint density at radius 2 is 2.10 bits per heavy atom. The zero-order valence-corrected chi connectivity index (χ0v) is 11.4. The molecule has 1 aliphatic heterocycles. The third kappa shape index (κ3) is 2.53. The smallest absolute Gasteiger partial charge is 0.431 e. The van der Waals surface area contributed by atoms with Gasteiger partial charge in [0.15, 0.2) is 6.23 Å². The van der Waals surface area contributed by atoms with Gasteiger partial charge in [0.25, 0.3) is 0 Å². The molecule has 1 saturated heterocycles. The first-order valence-electron chi connectivity index (χ1n) is 6.30. The first-order chi connectivity index (χ1) is 9.56. The molecule has 108 valence electrons. The molecule has 0 bridgehead atoms. The van der Waals surface area contributed by atoms with Crippen LogP contribution in [-0.4, -0.2) is 53.6 Å². The predicted octanol–water partition coefficient (Wildman–Crippen LogP) is 1.82. The number of nitrogens with zero attached hydrogens (tertiary/aromatic N) is 3. The van der Waals surface area contributed by atoms with Gasteiger partial charge in [-0.25, -0.2) is 9.59 Å². The monoisotopic (exact) mass is 279 g/mol. The van der Waals surface area contributed by atoms with E-state index >= 15 is 0 Å². The maximum atomic E-state index is 12.2. The zero-order chi connectivity index (χ0) is 14.7. The zero-order valence-electron chi connectivity index (χ0n) is 11.4. The summed E-state index contributed by atoms with van der Waals surface area (Å²) in [5, 5.41) is 11.5. The van der Waals surface area contributed by atoms with Crippen LogP contribution in [0.25, 0.3) is 0 Å². The highest BCUT2D eigenvalue weighted by molar-refractivity contribution is 5.91. The van der Waals surface area contributed by atoms with Gasteiger partial charge in [-0.05, 0) is 19.1 Å². The number of para-hydroxylation sites is 1. The molecule has 1 unspecified atom stereocenters. The number of hydrogen-bond acceptors (Lipinski definition) is 3. The molecule has 0 spiro atoms. The summed E-state index contributed by atoms with van der Waals surface area (Å²) in [7, 11) is 1.61. The van der Waals surface area contributed by atoms with Crippen LogP contribution in [0.4, 0.5) is 15.3 Å². The maximum absolute atomic E-state index is 12.2. The van der Waals surface area contributed by atoms with Crippen LogP contribution in [0.5, 0.6) is 0 Å². The van der Waals surface area contributed by atoms with E-state index in [-0.39, 0.29) is 0 Å². The summed E-state index contributed by atoms with van der Waals surface area (Å²) in [6, 6.07) is 8.05. The van der Waals surface area contributed by atoms with Crippen molar-refractivity contribution < 1.29 is 19.4 Å². The topological polar surface area (TPSA) is 73.3 Å². The van der Waals surface area contributed by atoms with Gasteiger partial charge < -0.3 is 14.7 Å². The molecule has 7 heteroatoms. The summed E-state index contributed by atoms with van der Waals surface area (Å²) in [5.74, 6) is 0. The second kappa shape index (κ2) is 5.79. The van der Waals surface area contributed by atoms with Crippen molar-refractivity contribution in [2.45, 2.75) is 13.2 Å². The molecule has 1 heterocycles. The number of likely N-dealkylation sites (N-methyl/N-ethyl adjacent to an activating group) is 1. The first-order valence-corrected chi connectivity index (χ1v) is 6.30. The Bertz CT molecular complexity index is 494. The van der Waals surface area contributed by atoms with E-state index in [2.05, 4.69) is 0 Å². The number of hydrazine groups is 1. The van der Waals surface area contributed by atoms with Crippen molar-refractivity contribution in [3.05, 3.63) is 30.3 Å². The summed E-state index contributed by atoms with van der Waals surface area (Å²) in [5.41, 5.74) is 0.397. The molecule has 1 aliphatic rings. The fraction of sp³-hybridized carbons (Fsp3) is 0.385. The van der Waals surface area contributed by atoms with Gasteiger partial charge >= 0.3 is 12.1 Å². The fourth-order valence-corrected chi connectivity index (χ4v) is 2.11. The van der Waals surface area contributed by atoms with Gasteiger partial charge in [-0.15, -0.1) is 0 Å². The number of urea groups is 1. The summed E-state index contributed by atoms with van der Waals surface area (Å²) < 4.78 is 5.47. The molecule has 1 fully saturated rings. The van der Waals surface area contributed by atoms with Crippen LogP contribution in [-0.2, 0) is 4.74 Å². The van der Waals surface area contributed by atoms with Crippen LogP contribution in [0.2, 0.25) is 0 Å². The highest BCUT2D eigenvalue weighted by atomic mass is 16.5. The lowest BCUT2D eigenvalue weighted by atomic mass is 10.3. The minimum atomic E-state index is -1.23. The number of rotatable bonds is 4. The average Bonchev–Trinajstić information content (AvgIpc) is 2.68. The van der Waals surface area contributed by atoms with E-state index in [1.807, 2.05) is 0 Å². The number of ether oxygens (including phenoxy) is 1. The maximum Gasteiger partial charge on any atom is 0.431 e. The van der Waals surface area contributed by atoms with Crippen LogP contribution in [0.15, 0.2) is 30.3 Å². The Kier molecular flexibility index (Phi) is 4.09. The van der Waals surface area contributed by atoms with Crippen LogP contribution < -0.4 is 5.01 Å². The number of hydrogen-bond donors (Lipinski definition) is 1. The van der Waals surface area contributed by atoms with Crippen molar-refractivity contribution in [2.75, 3.05) is 25.2 Å². The first kappa shape index (κ1) is 14.1. The number of carboxylic acid groups (broad SMARTS) is 1. The SMILES string of the molecule is CCOC1CN(C)C(=O)N1N(C(=O)O)c1ccccc1. The molecule has 0 radical (unpaired) electrons. The third-order valence-corrected chi connectivity index (χ3v) is 2.98. The normalized spacial score (nSPS) is 18.5. The summed E-state index contributed by atoms with van der Waals surface area (Å²) >= 11 is 0. The molecule has 0 saturated carbocycles. The summed E-state index contributed by atoms with van der Waals surface area (Å²) in [6.45, 7) is 2.52. The van der Waals surface area contributed by atoms with Crippen molar-refractivity contribution in [3.8, 4) is 0 Å². The Hall–Kier alpha value is -2.28. The molecule has 2 rings (SSSR count). The molecule has 3 amide bonds. The molecule has 1 atom stereocenters.